The van der Waals surface area contributed by atoms with E-state index in [4.69, 9.17) is 10.5 Å². The fraction of sp³-hybridized carbons (Fsp3) is 0.625. The monoisotopic (exact) mass is 280 g/mol. The van der Waals surface area contributed by atoms with Crippen LogP contribution in [0.4, 0.5) is 4.39 Å². The highest BCUT2D eigenvalue weighted by atomic mass is 19.1. The molecular weight excluding hydrogens is 255 g/mol. The first kappa shape index (κ1) is 15.3. The molecule has 112 valence electrons. The number of methoxy groups -OCH3 is 1. The second-order valence-electron chi connectivity index (χ2n) is 5.83. The van der Waals surface area contributed by atoms with Crippen LogP contribution in [0.2, 0.25) is 0 Å². The molecule has 1 saturated heterocycles. The molecule has 1 aliphatic heterocycles. The van der Waals surface area contributed by atoms with Crippen LogP contribution in [0.5, 0.6) is 5.75 Å². The summed E-state index contributed by atoms with van der Waals surface area (Å²) in [6.45, 7) is 5.27. The molecule has 0 bridgehead atoms. The van der Waals surface area contributed by atoms with E-state index in [0.717, 1.165) is 12.1 Å². The van der Waals surface area contributed by atoms with Crippen molar-refractivity contribution in [3.63, 3.8) is 0 Å². The first-order valence-corrected chi connectivity index (χ1v) is 7.37. The van der Waals surface area contributed by atoms with E-state index < -0.39 is 0 Å². The standard InChI is InChI=1S/C16H25FN2O/c1-11-5-4-6-12(2)19(11)10-15(18)13-7-8-16(20-3)14(17)9-13/h7-9,11-12,15H,4-6,10,18H2,1-3H3/t11-,12+,15?. The van der Waals surface area contributed by atoms with Crippen LogP contribution in [0.15, 0.2) is 18.2 Å². The second kappa shape index (κ2) is 6.55. The van der Waals surface area contributed by atoms with E-state index in [0.29, 0.717) is 12.1 Å². The van der Waals surface area contributed by atoms with Crippen LogP contribution in [0.1, 0.15) is 44.7 Å². The van der Waals surface area contributed by atoms with E-state index in [1.165, 1.54) is 32.4 Å². The van der Waals surface area contributed by atoms with E-state index >= 15 is 0 Å². The Kier molecular flexibility index (Phi) is 5.00. The first-order valence-electron chi connectivity index (χ1n) is 7.37. The summed E-state index contributed by atoms with van der Waals surface area (Å²) in [6.07, 6.45) is 3.72. The molecule has 0 spiro atoms. The van der Waals surface area contributed by atoms with Crippen LogP contribution in [-0.4, -0.2) is 30.6 Å². The lowest BCUT2D eigenvalue weighted by atomic mass is 9.96. The summed E-state index contributed by atoms with van der Waals surface area (Å²) >= 11 is 0. The molecule has 0 saturated carbocycles. The number of hydrogen-bond donors (Lipinski definition) is 1. The lowest BCUT2D eigenvalue weighted by molar-refractivity contribution is 0.0961. The average Bonchev–Trinajstić information content (AvgIpc) is 2.42. The quantitative estimate of drug-likeness (QED) is 0.921. The molecule has 3 nitrogen and oxygen atoms in total. The van der Waals surface area contributed by atoms with Gasteiger partial charge in [-0.1, -0.05) is 12.5 Å². The zero-order valence-electron chi connectivity index (χ0n) is 12.6. The minimum absolute atomic E-state index is 0.168. The number of likely N-dealkylation sites (tertiary alicyclic amines) is 1. The molecule has 0 radical (unpaired) electrons. The largest absolute Gasteiger partial charge is 0.494 e. The van der Waals surface area contributed by atoms with Gasteiger partial charge in [0.15, 0.2) is 11.6 Å². The van der Waals surface area contributed by atoms with Gasteiger partial charge in [-0.2, -0.15) is 0 Å². The average molecular weight is 280 g/mol. The number of ether oxygens (including phenoxy) is 1. The van der Waals surface area contributed by atoms with Gasteiger partial charge in [-0.05, 0) is 44.4 Å². The Balaban J connectivity index is 2.07. The maximum atomic E-state index is 13.7. The third-order valence-corrected chi connectivity index (χ3v) is 4.39. The minimum atomic E-state index is -0.347. The molecule has 4 heteroatoms. The van der Waals surface area contributed by atoms with Crippen molar-refractivity contribution in [3.05, 3.63) is 29.6 Å². The van der Waals surface area contributed by atoms with Gasteiger partial charge in [-0.15, -0.1) is 0 Å². The van der Waals surface area contributed by atoms with Crippen LogP contribution in [0, 0.1) is 5.82 Å². The Hall–Kier alpha value is -1.13. The maximum absolute atomic E-state index is 13.7. The Morgan fingerprint density at radius 1 is 1.35 bits per heavy atom. The van der Waals surface area contributed by atoms with Gasteiger partial charge in [0, 0.05) is 24.7 Å². The second-order valence-corrected chi connectivity index (χ2v) is 5.83. The molecule has 3 atom stereocenters. The van der Waals surface area contributed by atoms with Crippen molar-refractivity contribution in [2.24, 2.45) is 5.73 Å². The van der Waals surface area contributed by atoms with Gasteiger partial charge in [0.2, 0.25) is 0 Å². The summed E-state index contributed by atoms with van der Waals surface area (Å²) in [5, 5.41) is 0. The van der Waals surface area contributed by atoms with Crippen LogP contribution < -0.4 is 10.5 Å². The van der Waals surface area contributed by atoms with Gasteiger partial charge < -0.3 is 10.5 Å². The molecular formula is C16H25FN2O. The van der Waals surface area contributed by atoms with E-state index in [-0.39, 0.29) is 17.6 Å². The number of hydrogen-bond acceptors (Lipinski definition) is 3. The molecule has 1 heterocycles. The molecule has 1 fully saturated rings. The third kappa shape index (κ3) is 3.30. The van der Waals surface area contributed by atoms with Gasteiger partial charge in [0.25, 0.3) is 0 Å². The smallest absolute Gasteiger partial charge is 0.165 e. The number of benzene rings is 1. The summed E-state index contributed by atoms with van der Waals surface area (Å²) < 4.78 is 18.7. The summed E-state index contributed by atoms with van der Waals surface area (Å²) in [5.41, 5.74) is 7.09. The maximum Gasteiger partial charge on any atom is 0.165 e. The summed E-state index contributed by atoms with van der Waals surface area (Å²) in [6, 6.07) is 5.92. The van der Waals surface area contributed by atoms with E-state index in [2.05, 4.69) is 18.7 Å². The predicted octanol–water partition coefficient (Wildman–Crippen LogP) is 3.10. The Labute approximate surface area is 120 Å². The van der Waals surface area contributed by atoms with Gasteiger partial charge in [0.1, 0.15) is 0 Å². The van der Waals surface area contributed by atoms with Crippen LogP contribution in [0.3, 0.4) is 0 Å². The summed E-state index contributed by atoms with van der Waals surface area (Å²) in [5.74, 6) is -0.0825. The molecule has 20 heavy (non-hydrogen) atoms. The van der Waals surface area contributed by atoms with E-state index in [1.807, 2.05) is 6.07 Å². The zero-order valence-corrected chi connectivity index (χ0v) is 12.6. The summed E-state index contributed by atoms with van der Waals surface area (Å²) in [7, 11) is 1.47. The van der Waals surface area contributed by atoms with Crippen molar-refractivity contribution in [2.75, 3.05) is 13.7 Å². The van der Waals surface area contributed by atoms with Crippen molar-refractivity contribution < 1.29 is 9.13 Å². The first-order chi connectivity index (χ1) is 9.52. The van der Waals surface area contributed by atoms with Crippen LogP contribution >= 0.6 is 0 Å². The van der Waals surface area contributed by atoms with Crippen molar-refractivity contribution in [1.82, 2.24) is 4.90 Å². The molecule has 2 N–H and O–H groups in total. The van der Waals surface area contributed by atoms with Gasteiger partial charge >= 0.3 is 0 Å². The Morgan fingerprint density at radius 3 is 2.55 bits per heavy atom. The number of halogens is 1. The lowest BCUT2D eigenvalue weighted by Gasteiger charge is -2.40. The molecule has 0 amide bonds. The number of rotatable bonds is 4. The van der Waals surface area contributed by atoms with Gasteiger partial charge in [-0.3, -0.25) is 4.90 Å². The molecule has 1 unspecified atom stereocenters. The molecule has 1 aromatic carbocycles. The highest BCUT2D eigenvalue weighted by Crippen LogP contribution is 2.26. The fourth-order valence-electron chi connectivity index (χ4n) is 3.08. The molecule has 0 aliphatic carbocycles. The number of nitrogens with two attached hydrogens (primary N) is 1. The highest BCUT2D eigenvalue weighted by molar-refractivity contribution is 5.31. The SMILES string of the molecule is COc1ccc(C(N)CN2[C@H](C)CCC[C@@H]2C)cc1F. The van der Waals surface area contributed by atoms with Gasteiger partial charge in [0.05, 0.1) is 7.11 Å². The normalized spacial score (nSPS) is 25.4. The fourth-order valence-corrected chi connectivity index (χ4v) is 3.08. The van der Waals surface area contributed by atoms with Crippen molar-refractivity contribution >= 4 is 0 Å². The van der Waals surface area contributed by atoms with Crippen molar-refractivity contribution in [3.8, 4) is 5.75 Å². The molecule has 0 aromatic heterocycles. The Bertz CT molecular complexity index is 442. The molecule has 1 aromatic rings. The van der Waals surface area contributed by atoms with Crippen LogP contribution in [-0.2, 0) is 0 Å². The topological polar surface area (TPSA) is 38.5 Å². The van der Waals surface area contributed by atoms with Crippen LogP contribution in [0.25, 0.3) is 0 Å². The lowest BCUT2D eigenvalue weighted by Crippen LogP contribution is -2.46. The predicted molar refractivity (Wildman–Crippen MR) is 79.4 cm³/mol. The van der Waals surface area contributed by atoms with E-state index in [1.54, 1.807) is 6.07 Å². The molecule has 2 rings (SSSR count). The Morgan fingerprint density at radius 2 is 2.00 bits per heavy atom. The van der Waals surface area contributed by atoms with Crippen molar-refractivity contribution in [2.45, 2.75) is 51.2 Å². The minimum Gasteiger partial charge on any atom is -0.494 e. The third-order valence-electron chi connectivity index (χ3n) is 4.39. The number of nitrogens with zero attached hydrogens (tertiary/aromatic N) is 1. The van der Waals surface area contributed by atoms with Gasteiger partial charge in [-0.25, -0.2) is 4.39 Å². The summed E-state index contributed by atoms with van der Waals surface area (Å²) in [4.78, 5) is 2.44. The van der Waals surface area contributed by atoms with E-state index in [9.17, 15) is 4.39 Å². The van der Waals surface area contributed by atoms with Crippen molar-refractivity contribution in [1.29, 1.82) is 0 Å². The zero-order chi connectivity index (χ0) is 14.7. The highest BCUT2D eigenvalue weighted by Gasteiger charge is 2.26. The molecule has 1 aliphatic rings. The number of piperidine rings is 1.